The van der Waals surface area contributed by atoms with E-state index in [1.165, 1.54) is 19.3 Å². The van der Waals surface area contributed by atoms with Crippen LogP contribution in [0.1, 0.15) is 39.0 Å². The van der Waals surface area contributed by atoms with E-state index < -0.39 is 0 Å². The van der Waals surface area contributed by atoms with E-state index in [2.05, 4.69) is 20.6 Å². The summed E-state index contributed by atoms with van der Waals surface area (Å²) in [5.74, 6) is 1.27. The van der Waals surface area contributed by atoms with Crippen molar-refractivity contribution in [1.82, 2.24) is 15.3 Å². The molecule has 0 radical (unpaired) electrons. The molecule has 1 fully saturated rings. The van der Waals surface area contributed by atoms with Crippen LogP contribution in [0.3, 0.4) is 0 Å². The molecule has 1 aromatic heterocycles. The topological polar surface area (TPSA) is 99.3 Å². The van der Waals surface area contributed by atoms with Crippen molar-refractivity contribution in [3.8, 4) is 0 Å². The highest BCUT2D eigenvalue weighted by Crippen LogP contribution is 2.25. The standard InChI is InChI=1S/C15H28N6O/c1-11(9-22)21(10-17-2)14-13(16)8-18-15(20-14)19-12-6-4-3-5-7-12/h8,11-12,17,22H,3-7,9-10,16H2,1-2H3,(H,18,19,20). The first-order chi connectivity index (χ1) is 10.7. The summed E-state index contributed by atoms with van der Waals surface area (Å²) in [5, 5.41) is 15.9. The van der Waals surface area contributed by atoms with Crippen LogP contribution in [0.2, 0.25) is 0 Å². The van der Waals surface area contributed by atoms with Gasteiger partial charge in [0.25, 0.3) is 0 Å². The number of hydrogen-bond acceptors (Lipinski definition) is 7. The van der Waals surface area contributed by atoms with Crippen LogP contribution in [-0.2, 0) is 0 Å². The molecule has 5 N–H and O–H groups in total. The quantitative estimate of drug-likeness (QED) is 0.561. The Morgan fingerprint density at radius 1 is 1.41 bits per heavy atom. The first-order valence-corrected chi connectivity index (χ1v) is 8.06. The fourth-order valence-electron chi connectivity index (χ4n) is 2.82. The molecule has 1 aromatic rings. The van der Waals surface area contributed by atoms with E-state index in [0.29, 0.717) is 30.2 Å². The lowest BCUT2D eigenvalue weighted by atomic mass is 9.96. The summed E-state index contributed by atoms with van der Waals surface area (Å²) in [4.78, 5) is 10.8. The van der Waals surface area contributed by atoms with Crippen LogP contribution in [0.15, 0.2) is 6.20 Å². The molecule has 2 rings (SSSR count). The van der Waals surface area contributed by atoms with Gasteiger partial charge in [0.05, 0.1) is 31.2 Å². The SMILES string of the molecule is CNCN(c1nc(NC2CCCCC2)ncc1N)C(C)CO. The van der Waals surface area contributed by atoms with Gasteiger partial charge in [-0.2, -0.15) is 4.98 Å². The summed E-state index contributed by atoms with van der Waals surface area (Å²) < 4.78 is 0. The van der Waals surface area contributed by atoms with Gasteiger partial charge in [-0.1, -0.05) is 19.3 Å². The second-order valence-corrected chi connectivity index (χ2v) is 5.96. The van der Waals surface area contributed by atoms with E-state index in [9.17, 15) is 5.11 Å². The summed E-state index contributed by atoms with van der Waals surface area (Å²) in [6, 6.07) is 0.366. The Balaban J connectivity index is 2.16. The van der Waals surface area contributed by atoms with E-state index in [-0.39, 0.29) is 12.6 Å². The maximum Gasteiger partial charge on any atom is 0.224 e. The average Bonchev–Trinajstić information content (AvgIpc) is 2.55. The lowest BCUT2D eigenvalue weighted by Crippen LogP contribution is -2.42. The number of hydrogen-bond donors (Lipinski definition) is 4. The molecule has 22 heavy (non-hydrogen) atoms. The van der Waals surface area contributed by atoms with Gasteiger partial charge in [-0.3, -0.25) is 0 Å². The number of nitrogens with zero attached hydrogens (tertiary/aromatic N) is 3. The van der Waals surface area contributed by atoms with Crippen molar-refractivity contribution >= 4 is 17.5 Å². The maximum atomic E-state index is 9.45. The molecule has 0 aliphatic heterocycles. The first-order valence-electron chi connectivity index (χ1n) is 8.06. The van der Waals surface area contributed by atoms with Gasteiger partial charge in [0, 0.05) is 6.04 Å². The fourth-order valence-corrected chi connectivity index (χ4v) is 2.82. The number of anilines is 3. The normalized spacial score (nSPS) is 17.2. The van der Waals surface area contributed by atoms with E-state index >= 15 is 0 Å². The summed E-state index contributed by atoms with van der Waals surface area (Å²) in [5.41, 5.74) is 6.56. The molecule has 1 atom stereocenters. The minimum Gasteiger partial charge on any atom is -0.394 e. The number of aromatic nitrogens is 2. The number of aliphatic hydroxyl groups excluding tert-OH is 1. The van der Waals surface area contributed by atoms with Gasteiger partial charge in [-0.25, -0.2) is 4.98 Å². The van der Waals surface area contributed by atoms with Gasteiger partial charge < -0.3 is 26.4 Å². The van der Waals surface area contributed by atoms with Crippen molar-refractivity contribution in [3.63, 3.8) is 0 Å². The van der Waals surface area contributed by atoms with Crippen molar-refractivity contribution in [2.75, 3.05) is 36.3 Å². The van der Waals surface area contributed by atoms with E-state index in [1.807, 2.05) is 18.9 Å². The van der Waals surface area contributed by atoms with E-state index in [0.717, 1.165) is 12.8 Å². The van der Waals surface area contributed by atoms with Crippen molar-refractivity contribution in [3.05, 3.63) is 6.20 Å². The molecule has 7 heteroatoms. The van der Waals surface area contributed by atoms with Crippen molar-refractivity contribution in [1.29, 1.82) is 0 Å². The van der Waals surface area contributed by atoms with Crippen molar-refractivity contribution < 1.29 is 5.11 Å². The summed E-state index contributed by atoms with van der Waals surface area (Å²) in [7, 11) is 1.86. The molecule has 1 unspecified atom stereocenters. The summed E-state index contributed by atoms with van der Waals surface area (Å²) in [6.07, 6.45) is 7.79. The van der Waals surface area contributed by atoms with Crippen LogP contribution in [0.4, 0.5) is 17.5 Å². The predicted molar refractivity (Wildman–Crippen MR) is 89.9 cm³/mol. The molecule has 0 aromatic carbocycles. The Hall–Kier alpha value is -1.60. The molecule has 1 heterocycles. The zero-order valence-corrected chi connectivity index (χ0v) is 13.5. The molecule has 0 amide bonds. The third-order valence-electron chi connectivity index (χ3n) is 4.13. The van der Waals surface area contributed by atoms with Crippen LogP contribution in [0, 0.1) is 0 Å². The smallest absolute Gasteiger partial charge is 0.224 e. The fraction of sp³-hybridized carbons (Fsp3) is 0.733. The molecular weight excluding hydrogens is 280 g/mol. The second-order valence-electron chi connectivity index (χ2n) is 5.96. The highest BCUT2D eigenvalue weighted by Gasteiger charge is 2.19. The highest BCUT2D eigenvalue weighted by molar-refractivity contribution is 5.63. The van der Waals surface area contributed by atoms with Crippen molar-refractivity contribution in [2.24, 2.45) is 0 Å². The Morgan fingerprint density at radius 3 is 2.77 bits per heavy atom. The van der Waals surface area contributed by atoms with Gasteiger partial charge in [0.2, 0.25) is 5.95 Å². The zero-order valence-electron chi connectivity index (χ0n) is 13.5. The molecule has 1 aliphatic rings. The third-order valence-corrected chi connectivity index (χ3v) is 4.13. The lowest BCUT2D eigenvalue weighted by Gasteiger charge is -2.30. The molecule has 0 spiro atoms. The first kappa shape index (κ1) is 16.8. The molecule has 7 nitrogen and oxygen atoms in total. The maximum absolute atomic E-state index is 9.45. The monoisotopic (exact) mass is 308 g/mol. The number of aliphatic hydroxyl groups is 1. The van der Waals surface area contributed by atoms with Crippen molar-refractivity contribution in [2.45, 2.75) is 51.1 Å². The molecular formula is C15H28N6O. The second kappa shape index (κ2) is 8.14. The van der Waals surface area contributed by atoms with Gasteiger partial charge >= 0.3 is 0 Å². The van der Waals surface area contributed by atoms with Crippen LogP contribution in [0.25, 0.3) is 0 Å². The van der Waals surface area contributed by atoms with Crippen LogP contribution in [-0.4, -0.2) is 47.5 Å². The Morgan fingerprint density at radius 2 is 2.14 bits per heavy atom. The zero-order chi connectivity index (χ0) is 15.9. The van der Waals surface area contributed by atoms with Crippen LogP contribution >= 0.6 is 0 Å². The Kier molecular flexibility index (Phi) is 6.21. The van der Waals surface area contributed by atoms with E-state index in [1.54, 1.807) is 6.20 Å². The molecule has 0 bridgehead atoms. The number of rotatable bonds is 7. The minimum atomic E-state index is -0.0767. The summed E-state index contributed by atoms with van der Waals surface area (Å²) in [6.45, 7) is 2.54. The minimum absolute atomic E-state index is 0.0382. The van der Waals surface area contributed by atoms with E-state index in [4.69, 9.17) is 5.73 Å². The Bertz CT molecular complexity index is 463. The number of nitrogens with two attached hydrogens (primary N) is 1. The van der Waals surface area contributed by atoms with Crippen LogP contribution in [0.5, 0.6) is 0 Å². The van der Waals surface area contributed by atoms with Gasteiger partial charge in [0.1, 0.15) is 0 Å². The van der Waals surface area contributed by atoms with Gasteiger partial charge in [-0.05, 0) is 26.8 Å². The lowest BCUT2D eigenvalue weighted by molar-refractivity contribution is 0.265. The highest BCUT2D eigenvalue weighted by atomic mass is 16.3. The summed E-state index contributed by atoms with van der Waals surface area (Å²) >= 11 is 0. The van der Waals surface area contributed by atoms with Gasteiger partial charge in [0.15, 0.2) is 5.82 Å². The van der Waals surface area contributed by atoms with Crippen LogP contribution < -0.4 is 21.3 Å². The Labute approximate surface area is 132 Å². The van der Waals surface area contributed by atoms with Gasteiger partial charge in [-0.15, -0.1) is 0 Å². The largest absolute Gasteiger partial charge is 0.394 e. The number of nitrogen functional groups attached to an aromatic ring is 1. The molecule has 0 saturated heterocycles. The molecule has 1 aliphatic carbocycles. The predicted octanol–water partition coefficient (Wildman–Crippen LogP) is 1.17. The number of nitrogens with one attached hydrogen (secondary N) is 2. The molecule has 1 saturated carbocycles. The third kappa shape index (κ3) is 4.20. The average molecular weight is 308 g/mol. The molecule has 124 valence electrons.